The molecular formula is C11H20N2OS. The number of hydrogen-bond acceptors (Lipinski definition) is 3. The predicted molar refractivity (Wildman–Crippen MR) is 64.1 cm³/mol. The summed E-state index contributed by atoms with van der Waals surface area (Å²) in [7, 11) is 0. The predicted octanol–water partition coefficient (Wildman–Crippen LogP) is 1.14. The van der Waals surface area contributed by atoms with Crippen molar-refractivity contribution in [2.75, 3.05) is 12.3 Å². The van der Waals surface area contributed by atoms with Gasteiger partial charge in [0.15, 0.2) is 0 Å². The Morgan fingerprint density at radius 2 is 2.20 bits per heavy atom. The first kappa shape index (κ1) is 11.3. The van der Waals surface area contributed by atoms with Gasteiger partial charge in [-0.05, 0) is 31.4 Å². The minimum absolute atomic E-state index is 0.167. The van der Waals surface area contributed by atoms with Crippen molar-refractivity contribution in [1.82, 2.24) is 10.6 Å². The monoisotopic (exact) mass is 228 g/mol. The molecule has 86 valence electrons. The van der Waals surface area contributed by atoms with E-state index in [2.05, 4.69) is 17.6 Å². The normalized spacial score (nSPS) is 31.3. The number of carbonyl (C=O) groups is 1. The average molecular weight is 228 g/mol. The van der Waals surface area contributed by atoms with E-state index in [0.29, 0.717) is 23.9 Å². The molecule has 1 aliphatic heterocycles. The molecule has 2 N–H and O–H groups in total. The number of hydrogen-bond donors (Lipinski definition) is 2. The van der Waals surface area contributed by atoms with E-state index >= 15 is 0 Å². The van der Waals surface area contributed by atoms with Gasteiger partial charge in [-0.15, -0.1) is 0 Å². The molecule has 0 aromatic rings. The van der Waals surface area contributed by atoms with Crippen LogP contribution in [0.1, 0.15) is 32.6 Å². The van der Waals surface area contributed by atoms with Crippen molar-refractivity contribution in [1.29, 1.82) is 0 Å². The molecule has 2 rings (SSSR count). The van der Waals surface area contributed by atoms with Crippen LogP contribution in [0.25, 0.3) is 0 Å². The third kappa shape index (κ3) is 3.68. The largest absolute Gasteiger partial charge is 0.352 e. The molecular weight excluding hydrogens is 208 g/mol. The maximum absolute atomic E-state index is 11.5. The summed E-state index contributed by atoms with van der Waals surface area (Å²) in [5.74, 6) is 1.44. The summed E-state index contributed by atoms with van der Waals surface area (Å²) < 4.78 is 0. The van der Waals surface area contributed by atoms with E-state index in [9.17, 15) is 4.79 Å². The molecule has 2 aliphatic rings. The Morgan fingerprint density at radius 1 is 1.40 bits per heavy atom. The first-order chi connectivity index (χ1) is 7.25. The Balaban J connectivity index is 1.64. The molecule has 0 spiro atoms. The van der Waals surface area contributed by atoms with Gasteiger partial charge in [-0.25, -0.2) is 0 Å². The van der Waals surface area contributed by atoms with Gasteiger partial charge in [0.2, 0.25) is 5.91 Å². The molecule has 0 aromatic heterocycles. The van der Waals surface area contributed by atoms with Crippen LogP contribution in [0.4, 0.5) is 0 Å². The molecule has 2 atom stereocenters. The van der Waals surface area contributed by atoms with Crippen molar-refractivity contribution in [2.45, 2.75) is 49.9 Å². The van der Waals surface area contributed by atoms with E-state index in [0.717, 1.165) is 0 Å². The van der Waals surface area contributed by atoms with E-state index in [1.807, 2.05) is 11.8 Å². The van der Waals surface area contributed by atoms with Crippen LogP contribution in [0, 0.1) is 0 Å². The highest BCUT2D eigenvalue weighted by atomic mass is 32.2. The zero-order valence-corrected chi connectivity index (χ0v) is 10.1. The number of thioether (sulfide) groups is 1. The van der Waals surface area contributed by atoms with Crippen LogP contribution in [-0.2, 0) is 4.79 Å². The highest BCUT2D eigenvalue weighted by Crippen LogP contribution is 2.24. The fourth-order valence-corrected chi connectivity index (χ4v) is 3.09. The van der Waals surface area contributed by atoms with E-state index in [-0.39, 0.29) is 5.91 Å². The van der Waals surface area contributed by atoms with Crippen molar-refractivity contribution in [3.8, 4) is 0 Å². The second-order valence-corrected chi connectivity index (χ2v) is 6.03. The number of rotatable bonds is 4. The van der Waals surface area contributed by atoms with Crippen molar-refractivity contribution in [2.24, 2.45) is 0 Å². The van der Waals surface area contributed by atoms with Gasteiger partial charge in [-0.1, -0.05) is 6.92 Å². The summed E-state index contributed by atoms with van der Waals surface area (Å²) in [6.07, 6.45) is 4.82. The molecule has 0 aromatic carbocycles. The molecule has 1 amide bonds. The van der Waals surface area contributed by atoms with Crippen molar-refractivity contribution >= 4 is 17.7 Å². The molecule has 1 aliphatic carbocycles. The van der Waals surface area contributed by atoms with Crippen LogP contribution in [0.5, 0.6) is 0 Å². The van der Waals surface area contributed by atoms with Crippen LogP contribution in [0.3, 0.4) is 0 Å². The third-order valence-corrected chi connectivity index (χ3v) is 4.45. The minimum atomic E-state index is 0.167. The summed E-state index contributed by atoms with van der Waals surface area (Å²) in [5.41, 5.74) is 0. The zero-order valence-electron chi connectivity index (χ0n) is 9.29. The summed E-state index contributed by atoms with van der Waals surface area (Å²) in [6, 6.07) is 1.01. The lowest BCUT2D eigenvalue weighted by atomic mass is 10.1. The van der Waals surface area contributed by atoms with Gasteiger partial charge >= 0.3 is 0 Å². The first-order valence-electron chi connectivity index (χ1n) is 5.90. The summed E-state index contributed by atoms with van der Waals surface area (Å²) in [4.78, 5) is 11.5. The maximum Gasteiger partial charge on any atom is 0.234 e. The van der Waals surface area contributed by atoms with Crippen LogP contribution in [0.2, 0.25) is 0 Å². The maximum atomic E-state index is 11.5. The summed E-state index contributed by atoms with van der Waals surface area (Å²) >= 11 is 2.01. The van der Waals surface area contributed by atoms with Gasteiger partial charge in [-0.2, -0.15) is 11.8 Å². The molecule has 15 heavy (non-hydrogen) atoms. The zero-order chi connectivity index (χ0) is 10.7. The summed E-state index contributed by atoms with van der Waals surface area (Å²) in [5, 5.41) is 7.02. The highest BCUT2D eigenvalue weighted by molar-refractivity contribution is 7.99. The van der Waals surface area contributed by atoms with E-state index in [4.69, 9.17) is 0 Å². The Labute approximate surface area is 95.8 Å². The Morgan fingerprint density at radius 3 is 2.87 bits per heavy atom. The third-order valence-electron chi connectivity index (χ3n) is 3.07. The van der Waals surface area contributed by atoms with E-state index in [1.54, 1.807) is 0 Å². The number of carbonyl (C=O) groups excluding carboxylic acids is 1. The molecule has 3 nitrogen and oxygen atoms in total. The fourth-order valence-electron chi connectivity index (χ4n) is 1.92. The second-order valence-electron chi connectivity index (χ2n) is 4.55. The van der Waals surface area contributed by atoms with Crippen molar-refractivity contribution in [3.05, 3.63) is 0 Å². The number of amides is 1. The molecule has 0 radical (unpaired) electrons. The van der Waals surface area contributed by atoms with Gasteiger partial charge in [0.25, 0.3) is 0 Å². The van der Waals surface area contributed by atoms with Crippen LogP contribution >= 0.6 is 11.8 Å². The molecule has 2 fully saturated rings. The van der Waals surface area contributed by atoms with Gasteiger partial charge in [0, 0.05) is 17.3 Å². The van der Waals surface area contributed by atoms with Crippen LogP contribution in [0.15, 0.2) is 0 Å². The Hall–Kier alpha value is -0.220. The molecule has 2 unspecified atom stereocenters. The van der Waals surface area contributed by atoms with Gasteiger partial charge in [0.1, 0.15) is 0 Å². The van der Waals surface area contributed by atoms with Crippen molar-refractivity contribution in [3.63, 3.8) is 0 Å². The van der Waals surface area contributed by atoms with E-state index < -0.39 is 0 Å². The lowest BCUT2D eigenvalue weighted by Gasteiger charge is -2.29. The Bertz CT molecular complexity index is 231. The van der Waals surface area contributed by atoms with Crippen molar-refractivity contribution < 1.29 is 4.79 Å². The Kier molecular flexibility index (Phi) is 3.92. The lowest BCUT2D eigenvalue weighted by molar-refractivity contribution is -0.120. The van der Waals surface area contributed by atoms with E-state index in [1.165, 1.54) is 31.4 Å². The topological polar surface area (TPSA) is 41.1 Å². The fraction of sp³-hybridized carbons (Fsp3) is 0.909. The quantitative estimate of drug-likeness (QED) is 0.758. The van der Waals surface area contributed by atoms with Crippen LogP contribution < -0.4 is 10.6 Å². The average Bonchev–Trinajstić information content (AvgIpc) is 3.00. The molecule has 0 bridgehead atoms. The molecule has 1 saturated heterocycles. The minimum Gasteiger partial charge on any atom is -0.352 e. The van der Waals surface area contributed by atoms with Gasteiger partial charge in [0.05, 0.1) is 6.54 Å². The lowest BCUT2D eigenvalue weighted by Crippen LogP contribution is -2.44. The van der Waals surface area contributed by atoms with Crippen LogP contribution in [-0.4, -0.2) is 35.5 Å². The smallest absolute Gasteiger partial charge is 0.234 e. The molecule has 1 saturated carbocycles. The second kappa shape index (κ2) is 5.21. The summed E-state index contributed by atoms with van der Waals surface area (Å²) in [6.45, 7) is 2.74. The highest BCUT2D eigenvalue weighted by Gasteiger charge is 2.25. The molecule has 1 heterocycles. The first-order valence-corrected chi connectivity index (χ1v) is 6.95. The number of nitrogens with one attached hydrogen (secondary N) is 2. The van der Waals surface area contributed by atoms with Gasteiger partial charge < -0.3 is 10.6 Å². The molecule has 4 heteroatoms. The SMILES string of the molecule is CC1SCCCC1NCC(=O)NC1CC1. The van der Waals surface area contributed by atoms with Gasteiger partial charge in [-0.3, -0.25) is 4.79 Å². The standard InChI is InChI=1S/C11H20N2OS/c1-8-10(3-2-6-15-8)12-7-11(14)13-9-4-5-9/h8-10,12H,2-7H2,1H3,(H,13,14).